The Bertz CT molecular complexity index is 604. The van der Waals surface area contributed by atoms with E-state index in [0.29, 0.717) is 11.6 Å². The molecule has 0 spiro atoms. The summed E-state index contributed by atoms with van der Waals surface area (Å²) < 4.78 is 4.96. The van der Waals surface area contributed by atoms with Crippen LogP contribution in [0.2, 0.25) is 5.02 Å². The van der Waals surface area contributed by atoms with Gasteiger partial charge in [0.1, 0.15) is 5.54 Å². The van der Waals surface area contributed by atoms with Crippen LogP contribution in [-0.2, 0) is 21.5 Å². The van der Waals surface area contributed by atoms with E-state index in [9.17, 15) is 4.79 Å². The van der Waals surface area contributed by atoms with Gasteiger partial charge in [-0.3, -0.25) is 5.32 Å². The molecule has 0 fully saturated rings. The quantitative estimate of drug-likeness (QED) is 0.790. The number of hydrogen-bond acceptors (Lipinski definition) is 4. The summed E-state index contributed by atoms with van der Waals surface area (Å²) in [4.78, 5) is 13.5. The average Bonchev–Trinajstić information content (AvgIpc) is 3.00. The summed E-state index contributed by atoms with van der Waals surface area (Å²) in [7, 11) is 1.39. The minimum Gasteiger partial charge on any atom is -0.467 e. The second-order valence-corrected chi connectivity index (χ2v) is 6.29. The second-order valence-electron chi connectivity index (χ2n) is 4.85. The van der Waals surface area contributed by atoms with Crippen molar-refractivity contribution in [2.24, 2.45) is 0 Å². The molecule has 0 saturated heterocycles. The first-order valence-electron chi connectivity index (χ1n) is 6.69. The standard InChI is InChI=1S/C16H18ClNO2S.ClH/c1-16(15(19)20-2,13-7-3-4-8-14(13)17)18-10-9-12-6-5-11-21-12;/h3-8,11,18H,9-10H2,1-2H3;1H. The number of methoxy groups -OCH3 is 1. The van der Waals surface area contributed by atoms with Gasteiger partial charge in [0.05, 0.1) is 7.11 Å². The van der Waals surface area contributed by atoms with Gasteiger partial charge in [0.25, 0.3) is 0 Å². The zero-order valence-electron chi connectivity index (χ0n) is 12.5. The number of rotatable bonds is 6. The molecule has 0 aliphatic carbocycles. The number of carbonyl (C=O) groups excluding carboxylic acids is 1. The molecule has 1 aromatic carbocycles. The molecule has 2 aromatic rings. The van der Waals surface area contributed by atoms with Crippen LogP contribution in [0, 0.1) is 0 Å². The van der Waals surface area contributed by atoms with Gasteiger partial charge in [-0.2, -0.15) is 0 Å². The number of halogens is 2. The maximum absolute atomic E-state index is 12.2. The summed E-state index contributed by atoms with van der Waals surface area (Å²) in [6, 6.07) is 11.4. The number of benzene rings is 1. The Labute approximate surface area is 146 Å². The van der Waals surface area contributed by atoms with Gasteiger partial charge in [0.15, 0.2) is 0 Å². The van der Waals surface area contributed by atoms with Crippen molar-refractivity contribution in [3.63, 3.8) is 0 Å². The van der Waals surface area contributed by atoms with Gasteiger partial charge in [-0.15, -0.1) is 23.7 Å². The SMILES string of the molecule is COC(=O)C(C)(NCCc1cccs1)c1ccccc1Cl.Cl. The molecule has 0 amide bonds. The molecule has 1 atom stereocenters. The summed E-state index contributed by atoms with van der Waals surface area (Å²) in [5, 5.41) is 5.88. The summed E-state index contributed by atoms with van der Waals surface area (Å²) in [5.74, 6) is -0.346. The Balaban J connectivity index is 0.00000242. The zero-order chi connectivity index (χ0) is 15.3. The highest BCUT2D eigenvalue weighted by molar-refractivity contribution is 7.09. The largest absolute Gasteiger partial charge is 0.467 e. The van der Waals surface area contributed by atoms with Crippen molar-refractivity contribution in [3.05, 3.63) is 57.2 Å². The van der Waals surface area contributed by atoms with Gasteiger partial charge < -0.3 is 4.74 Å². The molecule has 0 saturated carbocycles. The van der Waals surface area contributed by atoms with Gasteiger partial charge >= 0.3 is 5.97 Å². The highest BCUT2D eigenvalue weighted by Gasteiger charge is 2.37. The Hall–Kier alpha value is -1.07. The van der Waals surface area contributed by atoms with E-state index >= 15 is 0 Å². The van der Waals surface area contributed by atoms with E-state index in [4.69, 9.17) is 16.3 Å². The molecular weight excluding hydrogens is 341 g/mol. The van der Waals surface area contributed by atoms with Crippen molar-refractivity contribution in [3.8, 4) is 0 Å². The Morgan fingerprint density at radius 2 is 2.05 bits per heavy atom. The first-order valence-corrected chi connectivity index (χ1v) is 7.94. The molecule has 0 aliphatic rings. The lowest BCUT2D eigenvalue weighted by Crippen LogP contribution is -2.48. The van der Waals surface area contributed by atoms with Crippen LogP contribution in [0.4, 0.5) is 0 Å². The van der Waals surface area contributed by atoms with Crippen LogP contribution in [0.3, 0.4) is 0 Å². The van der Waals surface area contributed by atoms with Gasteiger partial charge in [-0.05, 0) is 30.9 Å². The smallest absolute Gasteiger partial charge is 0.330 e. The average molecular weight is 360 g/mol. The van der Waals surface area contributed by atoms with E-state index in [2.05, 4.69) is 11.4 Å². The second kappa shape index (κ2) is 8.53. The van der Waals surface area contributed by atoms with Gasteiger partial charge in [-0.25, -0.2) is 4.79 Å². The van der Waals surface area contributed by atoms with Crippen LogP contribution in [0.25, 0.3) is 0 Å². The first-order chi connectivity index (χ1) is 10.1. The molecule has 22 heavy (non-hydrogen) atoms. The number of carbonyl (C=O) groups is 1. The fraction of sp³-hybridized carbons (Fsp3) is 0.312. The fourth-order valence-corrected chi connectivity index (χ4v) is 3.27. The molecule has 0 radical (unpaired) electrons. The topological polar surface area (TPSA) is 38.3 Å². The van der Waals surface area contributed by atoms with Crippen LogP contribution < -0.4 is 5.32 Å². The van der Waals surface area contributed by atoms with Gasteiger partial charge in [-0.1, -0.05) is 35.9 Å². The van der Waals surface area contributed by atoms with E-state index in [1.165, 1.54) is 12.0 Å². The molecule has 120 valence electrons. The maximum atomic E-state index is 12.2. The van der Waals surface area contributed by atoms with Crippen molar-refractivity contribution in [2.75, 3.05) is 13.7 Å². The Kier molecular flexibility index (Phi) is 7.36. The van der Waals surface area contributed by atoms with Crippen molar-refractivity contribution in [1.82, 2.24) is 5.32 Å². The molecule has 6 heteroatoms. The number of thiophene rings is 1. The zero-order valence-corrected chi connectivity index (χ0v) is 14.9. The van der Waals surface area contributed by atoms with Gasteiger partial charge in [0.2, 0.25) is 0 Å². The minimum absolute atomic E-state index is 0. The van der Waals surface area contributed by atoms with Gasteiger partial charge in [0, 0.05) is 22.0 Å². The van der Waals surface area contributed by atoms with E-state index in [-0.39, 0.29) is 18.4 Å². The number of ether oxygens (including phenoxy) is 1. The van der Waals surface area contributed by atoms with Crippen LogP contribution in [0.1, 0.15) is 17.4 Å². The van der Waals surface area contributed by atoms with E-state index in [1.807, 2.05) is 29.6 Å². The highest BCUT2D eigenvalue weighted by Crippen LogP contribution is 2.29. The summed E-state index contributed by atoms with van der Waals surface area (Å²) >= 11 is 7.95. The third kappa shape index (κ3) is 4.23. The molecule has 3 nitrogen and oxygen atoms in total. The molecule has 1 heterocycles. The third-order valence-electron chi connectivity index (χ3n) is 3.44. The number of hydrogen-bond donors (Lipinski definition) is 1. The van der Waals surface area contributed by atoms with E-state index in [1.54, 1.807) is 24.3 Å². The third-order valence-corrected chi connectivity index (χ3v) is 4.70. The monoisotopic (exact) mass is 359 g/mol. The minimum atomic E-state index is -0.954. The fourth-order valence-electron chi connectivity index (χ4n) is 2.24. The predicted octanol–water partition coefficient (Wildman–Crippen LogP) is 4.04. The van der Waals surface area contributed by atoms with E-state index in [0.717, 1.165) is 12.0 Å². The summed E-state index contributed by atoms with van der Waals surface area (Å²) in [6.45, 7) is 2.46. The van der Waals surface area contributed by atoms with Crippen molar-refractivity contribution in [1.29, 1.82) is 0 Å². The number of esters is 1. The molecule has 1 aromatic heterocycles. The van der Waals surface area contributed by atoms with Crippen molar-refractivity contribution in [2.45, 2.75) is 18.9 Å². The predicted molar refractivity (Wildman–Crippen MR) is 94.1 cm³/mol. The highest BCUT2D eigenvalue weighted by atomic mass is 35.5. The summed E-state index contributed by atoms with van der Waals surface area (Å²) in [6.07, 6.45) is 0.856. The molecular formula is C16H19Cl2NO2S. The van der Waals surface area contributed by atoms with Crippen LogP contribution in [0.15, 0.2) is 41.8 Å². The number of nitrogens with one attached hydrogen (secondary N) is 1. The maximum Gasteiger partial charge on any atom is 0.330 e. The van der Waals surface area contributed by atoms with Crippen LogP contribution in [-0.4, -0.2) is 19.6 Å². The Morgan fingerprint density at radius 1 is 1.32 bits per heavy atom. The lowest BCUT2D eigenvalue weighted by Gasteiger charge is -2.29. The normalized spacial score (nSPS) is 13.0. The van der Waals surface area contributed by atoms with Crippen LogP contribution >= 0.6 is 35.3 Å². The summed E-state index contributed by atoms with van der Waals surface area (Å²) in [5.41, 5.74) is -0.227. The first kappa shape index (κ1) is 19.0. The van der Waals surface area contributed by atoms with E-state index < -0.39 is 5.54 Å². The molecule has 2 rings (SSSR count). The molecule has 0 bridgehead atoms. The van der Waals surface area contributed by atoms with Crippen molar-refractivity contribution >= 4 is 41.3 Å². The molecule has 1 unspecified atom stereocenters. The Morgan fingerprint density at radius 3 is 2.64 bits per heavy atom. The van der Waals surface area contributed by atoms with Crippen LogP contribution in [0.5, 0.6) is 0 Å². The molecule has 0 aliphatic heterocycles. The molecule has 1 N–H and O–H groups in total. The van der Waals surface area contributed by atoms with Crippen molar-refractivity contribution < 1.29 is 9.53 Å². The lowest BCUT2D eigenvalue weighted by atomic mass is 9.91. The lowest BCUT2D eigenvalue weighted by molar-refractivity contribution is -0.148.